The smallest absolute Gasteiger partial charge is 0.388 e. The average Bonchev–Trinajstić information content (AvgIpc) is 2.90. The lowest BCUT2D eigenvalue weighted by Gasteiger charge is -2.55. The molecule has 8 atom stereocenters. The molecule has 0 heterocycles. The maximum absolute atomic E-state index is 13.1. The lowest BCUT2D eigenvalue weighted by Crippen LogP contribution is -2.50. The van der Waals surface area contributed by atoms with Gasteiger partial charge in [-0.3, -0.25) is 0 Å². The number of aliphatic hydroxyl groups excluding tert-OH is 1. The van der Waals surface area contributed by atoms with Gasteiger partial charge in [-0.25, -0.2) is 0 Å². The predicted molar refractivity (Wildman–Crippen MR) is 93.9 cm³/mol. The molecule has 4 rings (SSSR count). The molecule has 0 amide bonds. The van der Waals surface area contributed by atoms with Crippen LogP contribution in [-0.4, -0.2) is 17.4 Å². The van der Waals surface area contributed by atoms with Crippen LogP contribution < -0.4 is 0 Å². The maximum atomic E-state index is 13.1. The van der Waals surface area contributed by atoms with Gasteiger partial charge < -0.3 is 5.11 Å². The Balaban J connectivity index is 0.000000880. The van der Waals surface area contributed by atoms with Crippen molar-refractivity contribution in [2.75, 3.05) is 0 Å². The van der Waals surface area contributed by atoms with Crippen LogP contribution in [0.15, 0.2) is 12.2 Å². The molecule has 0 aliphatic heterocycles. The van der Waals surface area contributed by atoms with E-state index in [-0.39, 0.29) is 17.4 Å². The lowest BCUT2D eigenvalue weighted by molar-refractivity contribution is -0.196. The van der Waals surface area contributed by atoms with E-state index in [9.17, 15) is 18.3 Å². The minimum Gasteiger partial charge on any atom is -0.388 e. The molecule has 144 valence electrons. The predicted octanol–water partition coefficient (Wildman–Crippen LogP) is 5.98. The van der Waals surface area contributed by atoms with E-state index in [0.717, 1.165) is 32.1 Å². The summed E-state index contributed by atoms with van der Waals surface area (Å²) in [4.78, 5) is 0. The van der Waals surface area contributed by atoms with Gasteiger partial charge in [0.2, 0.25) is 0 Å². The SMILES string of the molecule is CC.C[C@]12CCC3[C@@H](CC[C@@H]4CC(C(F)(F)F)CC[C@H]34)C1C=C[C@@H]2O. The first kappa shape index (κ1) is 19.3. The first-order valence-electron chi connectivity index (χ1n) is 10.2. The highest BCUT2D eigenvalue weighted by atomic mass is 19.4. The standard InChI is InChI=1S/C19H27F3O.C2H6/c1-18-9-8-14-13-5-3-12(19(20,21)22)10-11(13)2-4-15(14)16(18)6-7-17(18)23;1-2/h6-7,11-17,23H,2-5,8-10H2,1H3;1-2H3/t11-,12?,13+,14?,15-,16?,17+,18+;/m1./s1. The van der Waals surface area contributed by atoms with Crippen LogP contribution in [0.2, 0.25) is 0 Å². The Labute approximate surface area is 150 Å². The summed E-state index contributed by atoms with van der Waals surface area (Å²) in [6.45, 7) is 6.20. The third-order valence-corrected chi connectivity index (χ3v) is 7.89. The van der Waals surface area contributed by atoms with E-state index in [1.807, 2.05) is 19.9 Å². The molecule has 0 radical (unpaired) electrons. The Kier molecular flexibility index (Phi) is 5.32. The molecule has 1 N–H and O–H groups in total. The summed E-state index contributed by atoms with van der Waals surface area (Å²) in [6, 6.07) is 0. The van der Waals surface area contributed by atoms with E-state index >= 15 is 0 Å². The Morgan fingerprint density at radius 1 is 0.920 bits per heavy atom. The van der Waals surface area contributed by atoms with Crippen LogP contribution in [0, 0.1) is 40.9 Å². The Bertz CT molecular complexity index is 500. The minimum absolute atomic E-state index is 0.0306. The first-order valence-corrected chi connectivity index (χ1v) is 10.2. The highest BCUT2D eigenvalue weighted by molar-refractivity contribution is 5.18. The summed E-state index contributed by atoms with van der Waals surface area (Å²) in [5, 5.41) is 10.3. The second-order valence-electron chi connectivity index (χ2n) is 8.78. The molecular weight excluding hydrogens is 325 g/mol. The molecule has 0 aromatic carbocycles. The summed E-state index contributed by atoms with van der Waals surface area (Å²) >= 11 is 0. The normalized spacial score (nSPS) is 48.7. The fourth-order valence-electron chi connectivity index (χ4n) is 6.58. The lowest BCUT2D eigenvalue weighted by atomic mass is 9.50. The van der Waals surface area contributed by atoms with Gasteiger partial charge >= 0.3 is 6.18 Å². The topological polar surface area (TPSA) is 20.2 Å². The largest absolute Gasteiger partial charge is 0.391 e. The monoisotopic (exact) mass is 358 g/mol. The van der Waals surface area contributed by atoms with Crippen molar-refractivity contribution in [1.29, 1.82) is 0 Å². The van der Waals surface area contributed by atoms with Gasteiger partial charge in [-0.1, -0.05) is 32.9 Å². The minimum atomic E-state index is -4.01. The highest BCUT2D eigenvalue weighted by Crippen LogP contribution is 2.61. The van der Waals surface area contributed by atoms with Crippen molar-refractivity contribution in [2.45, 2.75) is 78.0 Å². The molecule has 0 aromatic heterocycles. The molecule has 4 aliphatic carbocycles. The van der Waals surface area contributed by atoms with Gasteiger partial charge in [0.05, 0.1) is 12.0 Å². The Hall–Kier alpha value is -0.510. The molecule has 0 saturated heterocycles. The molecule has 3 saturated carbocycles. The summed E-state index contributed by atoms with van der Waals surface area (Å²) in [6.07, 6.45) is 5.37. The van der Waals surface area contributed by atoms with Crippen molar-refractivity contribution in [3.63, 3.8) is 0 Å². The quantitative estimate of drug-likeness (QED) is 0.528. The number of aliphatic hydroxyl groups is 1. The zero-order valence-electron chi connectivity index (χ0n) is 15.7. The van der Waals surface area contributed by atoms with Crippen LogP contribution in [0.1, 0.15) is 65.7 Å². The van der Waals surface area contributed by atoms with Gasteiger partial charge in [0.25, 0.3) is 0 Å². The van der Waals surface area contributed by atoms with E-state index in [4.69, 9.17) is 0 Å². The van der Waals surface area contributed by atoms with Crippen LogP contribution in [-0.2, 0) is 0 Å². The van der Waals surface area contributed by atoms with Gasteiger partial charge in [0.1, 0.15) is 0 Å². The van der Waals surface area contributed by atoms with E-state index in [1.54, 1.807) is 0 Å². The zero-order valence-corrected chi connectivity index (χ0v) is 15.7. The molecule has 0 spiro atoms. The summed E-state index contributed by atoms with van der Waals surface area (Å²) in [5.41, 5.74) is -0.0306. The molecule has 0 bridgehead atoms. The molecule has 0 aromatic rings. The van der Waals surface area contributed by atoms with Crippen molar-refractivity contribution in [3.05, 3.63) is 12.2 Å². The molecule has 3 fully saturated rings. The third-order valence-electron chi connectivity index (χ3n) is 7.89. The number of hydrogen-bond acceptors (Lipinski definition) is 1. The van der Waals surface area contributed by atoms with Crippen LogP contribution in [0.3, 0.4) is 0 Å². The summed E-state index contributed by atoms with van der Waals surface area (Å²) in [7, 11) is 0. The molecule has 25 heavy (non-hydrogen) atoms. The third kappa shape index (κ3) is 3.17. The van der Waals surface area contributed by atoms with E-state index < -0.39 is 12.1 Å². The highest BCUT2D eigenvalue weighted by Gasteiger charge is 2.56. The van der Waals surface area contributed by atoms with Crippen molar-refractivity contribution < 1.29 is 18.3 Å². The first-order chi connectivity index (χ1) is 11.8. The zero-order chi connectivity index (χ0) is 18.4. The van der Waals surface area contributed by atoms with Gasteiger partial charge in [0.15, 0.2) is 0 Å². The number of fused-ring (bicyclic) bond motifs is 5. The average molecular weight is 358 g/mol. The van der Waals surface area contributed by atoms with Crippen molar-refractivity contribution in [1.82, 2.24) is 0 Å². The second-order valence-corrected chi connectivity index (χ2v) is 8.78. The molecule has 4 aliphatic rings. The van der Waals surface area contributed by atoms with Gasteiger partial charge in [0, 0.05) is 5.41 Å². The van der Waals surface area contributed by atoms with Crippen LogP contribution in [0.4, 0.5) is 13.2 Å². The number of alkyl halides is 3. The number of allylic oxidation sites excluding steroid dienone is 1. The Morgan fingerprint density at radius 2 is 1.60 bits per heavy atom. The van der Waals surface area contributed by atoms with Crippen molar-refractivity contribution >= 4 is 0 Å². The fraction of sp³-hybridized carbons (Fsp3) is 0.905. The second kappa shape index (κ2) is 6.90. The van der Waals surface area contributed by atoms with E-state index in [0.29, 0.717) is 36.5 Å². The van der Waals surface area contributed by atoms with Gasteiger partial charge in [-0.15, -0.1) is 0 Å². The molecule has 1 nitrogen and oxygen atoms in total. The molecule has 3 unspecified atom stereocenters. The van der Waals surface area contributed by atoms with Crippen molar-refractivity contribution in [2.24, 2.45) is 40.9 Å². The number of hydrogen-bond donors (Lipinski definition) is 1. The van der Waals surface area contributed by atoms with Gasteiger partial charge in [-0.2, -0.15) is 13.2 Å². The molecular formula is C21H33F3O. The van der Waals surface area contributed by atoms with E-state index in [2.05, 4.69) is 13.0 Å². The van der Waals surface area contributed by atoms with Crippen molar-refractivity contribution in [3.8, 4) is 0 Å². The maximum Gasteiger partial charge on any atom is 0.391 e. The number of rotatable bonds is 0. The van der Waals surface area contributed by atoms with Crippen LogP contribution in [0.5, 0.6) is 0 Å². The van der Waals surface area contributed by atoms with E-state index in [1.165, 1.54) is 0 Å². The number of halogens is 3. The fourth-order valence-corrected chi connectivity index (χ4v) is 6.58. The summed E-state index contributed by atoms with van der Waals surface area (Å²) in [5.74, 6) is 1.28. The van der Waals surface area contributed by atoms with Crippen LogP contribution >= 0.6 is 0 Å². The Morgan fingerprint density at radius 3 is 2.28 bits per heavy atom. The van der Waals surface area contributed by atoms with Gasteiger partial charge in [-0.05, 0) is 74.5 Å². The van der Waals surface area contributed by atoms with Crippen LogP contribution in [0.25, 0.3) is 0 Å². The molecule has 4 heteroatoms. The summed E-state index contributed by atoms with van der Waals surface area (Å²) < 4.78 is 39.2.